The van der Waals surface area contributed by atoms with Gasteiger partial charge in [0.25, 0.3) is 0 Å². The Balaban J connectivity index is 1.81. The zero-order valence-corrected chi connectivity index (χ0v) is 13.0. The fraction of sp³-hybridized carbons (Fsp3) is 0.222. The molecule has 21 heavy (non-hydrogen) atoms. The summed E-state index contributed by atoms with van der Waals surface area (Å²) in [4.78, 5) is 0. The molecule has 3 atom stereocenters. The summed E-state index contributed by atoms with van der Waals surface area (Å²) >= 11 is 3.64. The monoisotopic (exact) mass is 343 g/mol. The SMILES string of the molecule is Fc1ccc([C@@H]2Nc3c(Br)cccc3[C@@H]3C=CC[C@H]32)cc1. The summed E-state index contributed by atoms with van der Waals surface area (Å²) < 4.78 is 14.3. The summed E-state index contributed by atoms with van der Waals surface area (Å²) in [5.41, 5.74) is 3.66. The predicted octanol–water partition coefficient (Wildman–Crippen LogP) is 5.41. The summed E-state index contributed by atoms with van der Waals surface area (Å²) in [6, 6.07) is 13.4. The minimum Gasteiger partial charge on any atom is -0.377 e. The van der Waals surface area contributed by atoms with Crippen molar-refractivity contribution in [2.75, 3.05) is 5.32 Å². The van der Waals surface area contributed by atoms with Gasteiger partial charge in [-0.15, -0.1) is 0 Å². The Morgan fingerprint density at radius 3 is 2.71 bits per heavy atom. The van der Waals surface area contributed by atoms with E-state index in [-0.39, 0.29) is 11.9 Å². The molecule has 0 saturated heterocycles. The van der Waals surface area contributed by atoms with Crippen LogP contribution in [0.3, 0.4) is 0 Å². The summed E-state index contributed by atoms with van der Waals surface area (Å²) in [6.45, 7) is 0. The van der Waals surface area contributed by atoms with Crippen LogP contribution in [0.1, 0.15) is 29.5 Å². The molecule has 1 nitrogen and oxygen atoms in total. The molecule has 1 aliphatic heterocycles. The van der Waals surface area contributed by atoms with Crippen LogP contribution in [0.4, 0.5) is 10.1 Å². The van der Waals surface area contributed by atoms with Crippen LogP contribution in [0.2, 0.25) is 0 Å². The molecule has 2 aliphatic rings. The Morgan fingerprint density at radius 1 is 1.10 bits per heavy atom. The van der Waals surface area contributed by atoms with Crippen molar-refractivity contribution < 1.29 is 4.39 Å². The molecule has 1 aliphatic carbocycles. The van der Waals surface area contributed by atoms with E-state index in [4.69, 9.17) is 0 Å². The Kier molecular flexibility index (Phi) is 3.11. The highest BCUT2D eigenvalue weighted by atomic mass is 79.9. The Bertz CT molecular complexity index is 708. The number of halogens is 2. The fourth-order valence-electron chi connectivity index (χ4n) is 3.58. The highest BCUT2D eigenvalue weighted by molar-refractivity contribution is 9.10. The first-order valence-corrected chi connectivity index (χ1v) is 8.00. The average molecular weight is 344 g/mol. The van der Waals surface area contributed by atoms with Gasteiger partial charge in [0.1, 0.15) is 5.82 Å². The number of fused-ring (bicyclic) bond motifs is 3. The van der Waals surface area contributed by atoms with Gasteiger partial charge >= 0.3 is 0 Å². The number of para-hydroxylation sites is 1. The van der Waals surface area contributed by atoms with Gasteiger partial charge in [-0.3, -0.25) is 0 Å². The van der Waals surface area contributed by atoms with Gasteiger partial charge in [0.2, 0.25) is 0 Å². The van der Waals surface area contributed by atoms with Gasteiger partial charge < -0.3 is 5.32 Å². The molecule has 0 bridgehead atoms. The predicted molar refractivity (Wildman–Crippen MR) is 86.9 cm³/mol. The van der Waals surface area contributed by atoms with Crippen LogP contribution in [0.5, 0.6) is 0 Å². The second-order valence-electron chi connectivity index (χ2n) is 5.73. The first-order valence-electron chi connectivity index (χ1n) is 7.21. The van der Waals surface area contributed by atoms with E-state index in [2.05, 4.69) is 51.6 Å². The van der Waals surface area contributed by atoms with Gasteiger partial charge in [-0.25, -0.2) is 4.39 Å². The van der Waals surface area contributed by atoms with E-state index in [1.165, 1.54) is 11.3 Å². The van der Waals surface area contributed by atoms with Crippen molar-refractivity contribution in [3.05, 3.63) is 76.0 Å². The van der Waals surface area contributed by atoms with Crippen molar-refractivity contribution in [1.82, 2.24) is 0 Å². The maximum atomic E-state index is 13.2. The van der Waals surface area contributed by atoms with E-state index >= 15 is 0 Å². The van der Waals surface area contributed by atoms with Crippen molar-refractivity contribution in [3.8, 4) is 0 Å². The van der Waals surface area contributed by atoms with Crippen LogP contribution in [0, 0.1) is 11.7 Å². The molecule has 3 heteroatoms. The Morgan fingerprint density at radius 2 is 1.90 bits per heavy atom. The van der Waals surface area contributed by atoms with Crippen LogP contribution in [-0.2, 0) is 0 Å². The molecule has 0 radical (unpaired) electrons. The van der Waals surface area contributed by atoms with Gasteiger partial charge in [-0.1, -0.05) is 36.4 Å². The third kappa shape index (κ3) is 2.11. The number of allylic oxidation sites excluding steroid dienone is 2. The smallest absolute Gasteiger partial charge is 0.123 e. The van der Waals surface area contributed by atoms with E-state index in [0.29, 0.717) is 11.8 Å². The molecular formula is C18H15BrFN. The van der Waals surface area contributed by atoms with Gasteiger partial charge in [0.05, 0.1) is 11.7 Å². The summed E-state index contributed by atoms with van der Waals surface area (Å²) in [5.74, 6) is 0.753. The van der Waals surface area contributed by atoms with Gasteiger partial charge in [-0.2, -0.15) is 0 Å². The van der Waals surface area contributed by atoms with Gasteiger partial charge in [-0.05, 0) is 57.6 Å². The van der Waals surface area contributed by atoms with Crippen molar-refractivity contribution in [1.29, 1.82) is 0 Å². The molecule has 0 amide bonds. The summed E-state index contributed by atoms with van der Waals surface area (Å²) in [5, 5.41) is 3.66. The molecule has 106 valence electrons. The molecule has 4 rings (SSSR count). The Hall–Kier alpha value is -1.61. The molecule has 0 unspecified atom stereocenters. The first kappa shape index (κ1) is 13.1. The fourth-order valence-corrected chi connectivity index (χ4v) is 4.08. The molecule has 0 saturated carbocycles. The normalized spacial score (nSPS) is 26.1. The van der Waals surface area contributed by atoms with Crippen LogP contribution in [0.25, 0.3) is 0 Å². The van der Waals surface area contributed by atoms with E-state index < -0.39 is 0 Å². The highest BCUT2D eigenvalue weighted by Gasteiger charge is 2.38. The van der Waals surface area contributed by atoms with Gasteiger partial charge in [0, 0.05) is 10.4 Å². The largest absolute Gasteiger partial charge is 0.377 e. The van der Waals surface area contributed by atoms with E-state index in [0.717, 1.165) is 16.5 Å². The molecule has 2 aromatic rings. The standard InChI is InChI=1S/C18H15BrFN/c19-16-6-2-5-15-13-3-1-4-14(13)17(21-18(15)16)11-7-9-12(20)10-8-11/h1-3,5-10,13-14,17,21H,4H2/t13-,14-,17+/m1/s1. The van der Waals surface area contributed by atoms with Crippen LogP contribution >= 0.6 is 15.9 Å². The first-order chi connectivity index (χ1) is 10.2. The topological polar surface area (TPSA) is 12.0 Å². The lowest BCUT2D eigenvalue weighted by molar-refractivity contribution is 0.425. The minimum absolute atomic E-state index is 0.183. The number of benzene rings is 2. The third-order valence-corrected chi connectivity index (χ3v) is 5.24. The van der Waals surface area contributed by atoms with Crippen LogP contribution in [-0.4, -0.2) is 0 Å². The molecule has 0 spiro atoms. The van der Waals surface area contributed by atoms with Crippen LogP contribution in [0.15, 0.2) is 59.1 Å². The molecule has 2 aromatic carbocycles. The number of hydrogen-bond acceptors (Lipinski definition) is 1. The van der Waals surface area contributed by atoms with Crippen LogP contribution < -0.4 is 5.32 Å². The molecule has 0 fully saturated rings. The van der Waals surface area contributed by atoms with E-state index in [1.54, 1.807) is 12.1 Å². The zero-order chi connectivity index (χ0) is 14.4. The molecule has 1 heterocycles. The Labute approximate surface area is 132 Å². The van der Waals surface area contributed by atoms with Crippen molar-refractivity contribution >= 4 is 21.6 Å². The second kappa shape index (κ2) is 4.99. The number of anilines is 1. The van der Waals surface area contributed by atoms with Crippen molar-refractivity contribution in [2.24, 2.45) is 5.92 Å². The van der Waals surface area contributed by atoms with Crippen molar-refractivity contribution in [2.45, 2.75) is 18.4 Å². The number of nitrogens with one attached hydrogen (secondary N) is 1. The maximum Gasteiger partial charge on any atom is 0.123 e. The average Bonchev–Trinajstić information content (AvgIpc) is 2.98. The lowest BCUT2D eigenvalue weighted by atomic mass is 9.77. The highest BCUT2D eigenvalue weighted by Crippen LogP contribution is 2.51. The lowest BCUT2D eigenvalue weighted by Gasteiger charge is -2.38. The molecular weight excluding hydrogens is 329 g/mol. The molecule has 1 N–H and O–H groups in total. The third-order valence-electron chi connectivity index (χ3n) is 4.58. The lowest BCUT2D eigenvalue weighted by Crippen LogP contribution is -2.29. The maximum absolute atomic E-state index is 13.2. The van der Waals surface area contributed by atoms with E-state index in [9.17, 15) is 4.39 Å². The van der Waals surface area contributed by atoms with E-state index in [1.807, 2.05) is 12.1 Å². The number of rotatable bonds is 1. The minimum atomic E-state index is -0.183. The van der Waals surface area contributed by atoms with Gasteiger partial charge in [0.15, 0.2) is 0 Å². The summed E-state index contributed by atoms with van der Waals surface area (Å²) in [6.07, 6.45) is 5.64. The summed E-state index contributed by atoms with van der Waals surface area (Å²) in [7, 11) is 0. The van der Waals surface area contributed by atoms with Crippen molar-refractivity contribution in [3.63, 3.8) is 0 Å². The zero-order valence-electron chi connectivity index (χ0n) is 11.4. The second-order valence-corrected chi connectivity index (χ2v) is 6.59. The number of hydrogen-bond donors (Lipinski definition) is 1. The molecule has 0 aromatic heterocycles. The quantitative estimate of drug-likeness (QED) is 0.682.